The summed E-state index contributed by atoms with van der Waals surface area (Å²) < 4.78 is 29.9. The molecule has 0 aliphatic heterocycles. The van der Waals surface area contributed by atoms with Crippen molar-refractivity contribution in [2.24, 2.45) is 5.92 Å². The lowest BCUT2D eigenvalue weighted by molar-refractivity contribution is 0.0523. The maximum atomic E-state index is 13.1. The van der Waals surface area contributed by atoms with Gasteiger partial charge in [0.1, 0.15) is 5.60 Å². The van der Waals surface area contributed by atoms with E-state index in [4.69, 9.17) is 18.8 Å². The van der Waals surface area contributed by atoms with Crippen molar-refractivity contribution >= 4 is 13.7 Å². The summed E-state index contributed by atoms with van der Waals surface area (Å²) in [5.74, 6) is 0.364. The fraction of sp³-hybridized carbons (Fsp3) is 0.571. The molecule has 1 N–H and O–H groups in total. The van der Waals surface area contributed by atoms with E-state index < -0.39 is 19.3 Å². The van der Waals surface area contributed by atoms with Crippen molar-refractivity contribution in [3.63, 3.8) is 0 Å². The molecule has 1 aromatic heterocycles. The number of hydrogen-bond donors (Lipinski definition) is 1. The minimum atomic E-state index is -3.23. The normalized spacial score (nSPS) is 13.5. The fourth-order valence-corrected chi connectivity index (χ4v) is 5.05. The van der Waals surface area contributed by atoms with Gasteiger partial charge < -0.3 is 19.1 Å². The molecule has 0 spiro atoms. The lowest BCUT2D eigenvalue weighted by Crippen LogP contribution is -2.32. The molecule has 1 amide bonds. The lowest BCUT2D eigenvalue weighted by atomic mass is 9.90. The van der Waals surface area contributed by atoms with E-state index in [9.17, 15) is 9.36 Å². The van der Waals surface area contributed by atoms with Crippen LogP contribution in [0.1, 0.15) is 76.5 Å². The van der Waals surface area contributed by atoms with Crippen molar-refractivity contribution in [2.45, 2.75) is 87.5 Å². The van der Waals surface area contributed by atoms with E-state index in [0.29, 0.717) is 12.5 Å². The Morgan fingerprint density at radius 3 is 2.22 bits per heavy atom. The first kappa shape index (κ1) is 30.0. The SMILES string of the molecule is CCOP(=O)(CC)OCc1c(C)nc(CC(C)C)c(CNC(=O)OC(C)(C)C)c1-c1ccc(C)cc1. The van der Waals surface area contributed by atoms with E-state index in [-0.39, 0.29) is 19.3 Å². The first-order valence-electron chi connectivity index (χ1n) is 12.7. The summed E-state index contributed by atoms with van der Waals surface area (Å²) in [6.45, 7) is 18.0. The van der Waals surface area contributed by atoms with E-state index in [1.54, 1.807) is 13.8 Å². The summed E-state index contributed by atoms with van der Waals surface area (Å²) in [5.41, 5.74) is 5.93. The van der Waals surface area contributed by atoms with E-state index in [1.165, 1.54) is 0 Å². The van der Waals surface area contributed by atoms with Gasteiger partial charge in [-0.1, -0.05) is 50.6 Å². The van der Waals surface area contributed by atoms with Crippen LogP contribution >= 0.6 is 7.60 Å². The van der Waals surface area contributed by atoms with Crippen molar-refractivity contribution in [1.82, 2.24) is 10.3 Å². The van der Waals surface area contributed by atoms with Crippen LogP contribution < -0.4 is 5.32 Å². The van der Waals surface area contributed by atoms with E-state index >= 15 is 0 Å². The maximum absolute atomic E-state index is 13.1. The minimum Gasteiger partial charge on any atom is -0.444 e. The van der Waals surface area contributed by atoms with Gasteiger partial charge in [-0.15, -0.1) is 0 Å². The Labute approximate surface area is 216 Å². The van der Waals surface area contributed by atoms with Gasteiger partial charge in [0.15, 0.2) is 0 Å². The molecule has 0 radical (unpaired) electrons. The van der Waals surface area contributed by atoms with Gasteiger partial charge in [-0.2, -0.15) is 0 Å². The first-order chi connectivity index (χ1) is 16.8. The quantitative estimate of drug-likeness (QED) is 0.313. The van der Waals surface area contributed by atoms with Crippen molar-refractivity contribution in [3.05, 3.63) is 52.3 Å². The summed E-state index contributed by atoms with van der Waals surface area (Å²) in [6, 6.07) is 8.23. The predicted octanol–water partition coefficient (Wildman–Crippen LogP) is 7.35. The Kier molecular flexibility index (Phi) is 10.7. The number of carbonyl (C=O) groups excluding carboxylic acids is 1. The van der Waals surface area contributed by atoms with Gasteiger partial charge in [-0.3, -0.25) is 9.55 Å². The molecule has 0 saturated heterocycles. The largest absolute Gasteiger partial charge is 0.444 e. The van der Waals surface area contributed by atoms with Gasteiger partial charge in [-0.25, -0.2) is 4.79 Å². The van der Waals surface area contributed by atoms with Crippen LogP contribution in [-0.4, -0.2) is 29.4 Å². The minimum absolute atomic E-state index is 0.0918. The smallest absolute Gasteiger partial charge is 0.407 e. The number of aromatic nitrogens is 1. The Bertz CT molecular complexity index is 1070. The van der Waals surface area contributed by atoms with Crippen LogP contribution in [0.2, 0.25) is 0 Å². The van der Waals surface area contributed by atoms with Gasteiger partial charge in [0.05, 0.1) is 13.2 Å². The Balaban J connectivity index is 2.65. The number of pyridine rings is 1. The molecule has 36 heavy (non-hydrogen) atoms. The molecule has 1 unspecified atom stereocenters. The van der Waals surface area contributed by atoms with Crippen molar-refractivity contribution < 1.29 is 23.1 Å². The number of nitrogens with zero attached hydrogens (tertiary/aromatic N) is 1. The third-order valence-electron chi connectivity index (χ3n) is 5.56. The molecule has 0 aliphatic rings. The number of benzene rings is 1. The topological polar surface area (TPSA) is 86.8 Å². The summed E-state index contributed by atoms with van der Waals surface area (Å²) in [5, 5.41) is 2.92. The van der Waals surface area contributed by atoms with Crippen molar-refractivity contribution in [3.8, 4) is 11.1 Å². The summed E-state index contributed by atoms with van der Waals surface area (Å²) in [7, 11) is -3.23. The second kappa shape index (κ2) is 12.8. The van der Waals surface area contributed by atoms with Gasteiger partial charge in [0.2, 0.25) is 0 Å². The molecule has 2 rings (SSSR count). The molecule has 200 valence electrons. The lowest BCUT2D eigenvalue weighted by Gasteiger charge is -2.24. The molecule has 2 aromatic rings. The summed E-state index contributed by atoms with van der Waals surface area (Å²) in [4.78, 5) is 17.5. The monoisotopic (exact) mass is 518 g/mol. The van der Waals surface area contributed by atoms with Crippen LogP contribution in [0.25, 0.3) is 11.1 Å². The van der Waals surface area contributed by atoms with Gasteiger partial charge in [0, 0.05) is 35.2 Å². The number of rotatable bonds is 11. The van der Waals surface area contributed by atoms with Crippen LogP contribution in [-0.2, 0) is 37.9 Å². The van der Waals surface area contributed by atoms with Crippen molar-refractivity contribution in [2.75, 3.05) is 12.8 Å². The molecular weight excluding hydrogens is 475 g/mol. The zero-order valence-electron chi connectivity index (χ0n) is 23.4. The summed E-state index contributed by atoms with van der Waals surface area (Å²) in [6.07, 6.45) is 0.544. The highest BCUT2D eigenvalue weighted by Crippen LogP contribution is 2.49. The Morgan fingerprint density at radius 1 is 1.06 bits per heavy atom. The van der Waals surface area contributed by atoms with Gasteiger partial charge in [0.25, 0.3) is 0 Å². The zero-order valence-corrected chi connectivity index (χ0v) is 24.3. The highest BCUT2D eigenvalue weighted by atomic mass is 31.2. The van der Waals surface area contributed by atoms with E-state index in [1.807, 2.05) is 34.6 Å². The average Bonchev–Trinajstić information content (AvgIpc) is 2.76. The highest BCUT2D eigenvalue weighted by Gasteiger charge is 2.26. The average molecular weight is 519 g/mol. The highest BCUT2D eigenvalue weighted by molar-refractivity contribution is 7.53. The number of aryl methyl sites for hydroxylation is 2. The molecule has 0 saturated carbocycles. The van der Waals surface area contributed by atoms with Gasteiger partial charge >= 0.3 is 13.7 Å². The molecule has 0 aliphatic carbocycles. The van der Waals surface area contributed by atoms with E-state index in [2.05, 4.69) is 43.4 Å². The number of ether oxygens (including phenoxy) is 1. The molecule has 8 heteroatoms. The third-order valence-corrected chi connectivity index (χ3v) is 7.51. The fourth-order valence-electron chi connectivity index (χ4n) is 3.89. The maximum Gasteiger partial charge on any atom is 0.407 e. The van der Waals surface area contributed by atoms with E-state index in [0.717, 1.165) is 45.6 Å². The second-order valence-electron chi connectivity index (χ2n) is 10.4. The van der Waals surface area contributed by atoms with Crippen LogP contribution in [0.15, 0.2) is 24.3 Å². The molecule has 0 bridgehead atoms. The second-order valence-corrected chi connectivity index (χ2v) is 12.8. The Hall–Kier alpha value is -2.21. The molecule has 1 aromatic carbocycles. The molecule has 7 nitrogen and oxygen atoms in total. The molecular formula is C28H43N2O5P. The number of nitrogens with one attached hydrogen (secondary N) is 1. The number of hydrogen-bond acceptors (Lipinski definition) is 6. The van der Waals surface area contributed by atoms with Crippen LogP contribution in [0, 0.1) is 19.8 Å². The predicted molar refractivity (Wildman–Crippen MR) is 145 cm³/mol. The third kappa shape index (κ3) is 8.72. The van der Waals surface area contributed by atoms with Crippen molar-refractivity contribution in [1.29, 1.82) is 0 Å². The van der Waals surface area contributed by atoms with Crippen LogP contribution in [0.5, 0.6) is 0 Å². The molecule has 1 heterocycles. The number of alkyl carbamates (subject to hydrolysis) is 1. The number of carbonyl (C=O) groups is 1. The van der Waals surface area contributed by atoms with Crippen LogP contribution in [0.3, 0.4) is 0 Å². The Morgan fingerprint density at radius 2 is 1.69 bits per heavy atom. The van der Waals surface area contributed by atoms with Gasteiger partial charge in [-0.05, 0) is 65.0 Å². The molecule has 1 atom stereocenters. The zero-order chi connectivity index (χ0) is 27.1. The standard InChI is InChI=1S/C28H43N2O5P/c1-10-33-36(32,11-2)34-18-24-21(6)30-25(16-19(3)4)23(17-29-27(31)35-28(7,8)9)26(24)22-14-12-20(5)13-15-22/h12-15,19H,10-11,16-18H2,1-9H3,(H,29,31). The molecule has 0 fully saturated rings. The number of amides is 1. The van der Waals surface area contributed by atoms with Crippen LogP contribution in [0.4, 0.5) is 4.79 Å². The summed E-state index contributed by atoms with van der Waals surface area (Å²) >= 11 is 0. The first-order valence-corrected chi connectivity index (χ1v) is 14.4.